The smallest absolute Gasteiger partial charge is 0.352 e. The molecule has 0 radical (unpaired) electrons. The molecular formula is C16H11N3O6. The Morgan fingerprint density at radius 1 is 1.08 bits per heavy atom. The Kier molecular flexibility index (Phi) is 3.68. The summed E-state index contributed by atoms with van der Waals surface area (Å²) < 4.78 is 5.56. The summed E-state index contributed by atoms with van der Waals surface area (Å²) in [5.74, 6) is -4.74. The van der Waals surface area contributed by atoms with Crippen molar-refractivity contribution in [2.24, 2.45) is 10.7 Å². The highest BCUT2D eigenvalue weighted by Crippen LogP contribution is 2.47. The van der Waals surface area contributed by atoms with Crippen molar-refractivity contribution in [2.45, 2.75) is 5.41 Å². The van der Waals surface area contributed by atoms with E-state index in [4.69, 9.17) is 10.5 Å². The van der Waals surface area contributed by atoms with Crippen LogP contribution in [0.4, 0.5) is 5.69 Å². The zero-order valence-corrected chi connectivity index (χ0v) is 12.5. The first-order chi connectivity index (χ1) is 11.9. The monoisotopic (exact) mass is 341 g/mol. The Labute approximate surface area is 140 Å². The quantitative estimate of drug-likeness (QED) is 0.682. The summed E-state index contributed by atoms with van der Waals surface area (Å²) in [5, 5.41) is 19.0. The van der Waals surface area contributed by atoms with Gasteiger partial charge in [-0.25, -0.2) is 14.8 Å². The number of pyridine rings is 1. The molecule has 4 N–H and O–H groups in total. The highest BCUT2D eigenvalue weighted by Gasteiger charge is 2.60. The van der Waals surface area contributed by atoms with Gasteiger partial charge in [-0.1, -0.05) is 12.1 Å². The molecule has 126 valence electrons. The molecule has 1 aliphatic heterocycles. The second-order valence-electron chi connectivity index (χ2n) is 5.11. The zero-order valence-electron chi connectivity index (χ0n) is 12.5. The lowest BCUT2D eigenvalue weighted by atomic mass is 9.76. The number of hydrogen-bond acceptors (Lipinski definition) is 6. The maximum absolute atomic E-state index is 12.1. The summed E-state index contributed by atoms with van der Waals surface area (Å²) in [5.41, 5.74) is 1.50. The summed E-state index contributed by atoms with van der Waals surface area (Å²) in [6, 6.07) is 9.05. The number of carbonyl (C=O) groups is 3. The number of ether oxygens (including phenoxy) is 1. The van der Waals surface area contributed by atoms with Gasteiger partial charge in [-0.3, -0.25) is 9.59 Å². The summed E-state index contributed by atoms with van der Waals surface area (Å²) in [7, 11) is 0. The number of carboxylic acid groups (broad SMARTS) is 2. The van der Waals surface area contributed by atoms with Gasteiger partial charge in [0.15, 0.2) is 5.71 Å². The minimum atomic E-state index is -2.66. The van der Waals surface area contributed by atoms with Crippen LogP contribution in [-0.2, 0) is 19.8 Å². The van der Waals surface area contributed by atoms with Crippen LogP contribution in [0.1, 0.15) is 5.56 Å². The molecule has 0 saturated heterocycles. The fraction of sp³-hybridized carbons (Fsp3) is 0.0625. The van der Waals surface area contributed by atoms with E-state index in [1.165, 1.54) is 30.5 Å². The van der Waals surface area contributed by atoms with Crippen LogP contribution in [0.5, 0.6) is 11.6 Å². The summed E-state index contributed by atoms with van der Waals surface area (Å²) >= 11 is 0. The number of primary amides is 1. The first-order valence-corrected chi connectivity index (χ1v) is 6.97. The van der Waals surface area contributed by atoms with E-state index in [0.29, 0.717) is 0 Å². The first-order valence-electron chi connectivity index (χ1n) is 6.97. The van der Waals surface area contributed by atoms with Gasteiger partial charge in [0.1, 0.15) is 5.75 Å². The van der Waals surface area contributed by atoms with Gasteiger partial charge in [-0.15, -0.1) is 0 Å². The summed E-state index contributed by atoms with van der Waals surface area (Å²) in [6.07, 6.45) is 1.45. The average molecular weight is 341 g/mol. The number of carbonyl (C=O) groups excluding carboxylic acids is 1. The second kappa shape index (κ2) is 5.71. The molecule has 9 nitrogen and oxygen atoms in total. The van der Waals surface area contributed by atoms with Gasteiger partial charge in [0.05, 0.1) is 11.3 Å². The molecule has 0 spiro atoms. The third-order valence-corrected chi connectivity index (χ3v) is 3.71. The molecule has 0 saturated carbocycles. The van der Waals surface area contributed by atoms with E-state index in [2.05, 4.69) is 9.98 Å². The minimum Gasteiger partial charge on any atom is -0.480 e. The molecule has 1 amide bonds. The number of carboxylic acids is 2. The third kappa shape index (κ3) is 2.29. The molecule has 2 heterocycles. The normalized spacial score (nSPS) is 18.2. The molecule has 1 aromatic carbocycles. The van der Waals surface area contributed by atoms with Crippen molar-refractivity contribution >= 4 is 29.2 Å². The van der Waals surface area contributed by atoms with Crippen molar-refractivity contribution in [3.8, 4) is 11.6 Å². The van der Waals surface area contributed by atoms with E-state index in [9.17, 15) is 24.6 Å². The lowest BCUT2D eigenvalue weighted by molar-refractivity contribution is -0.146. The van der Waals surface area contributed by atoms with Crippen molar-refractivity contribution in [2.75, 3.05) is 0 Å². The van der Waals surface area contributed by atoms with Crippen LogP contribution >= 0.6 is 0 Å². The molecule has 1 unspecified atom stereocenters. The predicted molar refractivity (Wildman–Crippen MR) is 84.0 cm³/mol. The maximum Gasteiger partial charge on any atom is 0.352 e. The predicted octanol–water partition coefficient (Wildman–Crippen LogP) is 0.852. The number of benzene rings is 1. The van der Waals surface area contributed by atoms with E-state index in [-0.39, 0.29) is 22.9 Å². The molecule has 2 aromatic rings. The lowest BCUT2D eigenvalue weighted by Gasteiger charge is -2.23. The number of hydrogen-bond donors (Lipinski definition) is 3. The van der Waals surface area contributed by atoms with E-state index in [0.717, 1.165) is 0 Å². The zero-order chi connectivity index (χ0) is 18.2. The van der Waals surface area contributed by atoms with Gasteiger partial charge in [-0.2, -0.15) is 0 Å². The molecule has 3 rings (SSSR count). The Morgan fingerprint density at radius 2 is 1.84 bits per heavy atom. The minimum absolute atomic E-state index is 0.0213. The van der Waals surface area contributed by atoms with Gasteiger partial charge in [-0.05, 0) is 18.2 Å². The highest BCUT2D eigenvalue weighted by atomic mass is 16.5. The largest absolute Gasteiger partial charge is 0.480 e. The summed E-state index contributed by atoms with van der Waals surface area (Å²) in [4.78, 5) is 43.2. The number of aromatic nitrogens is 1. The van der Waals surface area contributed by atoms with Crippen LogP contribution in [0.15, 0.2) is 47.6 Å². The number of rotatable bonds is 5. The first kappa shape index (κ1) is 16.1. The van der Waals surface area contributed by atoms with Crippen LogP contribution in [0, 0.1) is 0 Å². The molecule has 0 aliphatic carbocycles. The molecule has 25 heavy (non-hydrogen) atoms. The Hall–Kier alpha value is -3.75. The maximum atomic E-state index is 12.1. The molecule has 9 heteroatoms. The molecule has 1 aliphatic rings. The number of nitrogens with two attached hydrogens (primary N) is 1. The van der Waals surface area contributed by atoms with Crippen LogP contribution < -0.4 is 10.5 Å². The molecule has 0 bridgehead atoms. The van der Waals surface area contributed by atoms with E-state index < -0.39 is 29.0 Å². The lowest BCUT2D eigenvalue weighted by Crippen LogP contribution is -2.54. The fourth-order valence-electron chi connectivity index (χ4n) is 2.68. The van der Waals surface area contributed by atoms with Gasteiger partial charge < -0.3 is 20.7 Å². The molecule has 0 fully saturated rings. The third-order valence-electron chi connectivity index (χ3n) is 3.71. The van der Waals surface area contributed by atoms with Gasteiger partial charge in [0, 0.05) is 12.3 Å². The molecule has 1 atom stereocenters. The van der Waals surface area contributed by atoms with Crippen LogP contribution in [0.2, 0.25) is 0 Å². The number of aliphatic carboxylic acids is 2. The topological polar surface area (TPSA) is 152 Å². The van der Waals surface area contributed by atoms with Crippen LogP contribution in [0.25, 0.3) is 0 Å². The molecule has 1 aromatic heterocycles. The number of amides is 1. The number of aliphatic imine (C=N–C) groups is 1. The Balaban J connectivity index is 2.26. The van der Waals surface area contributed by atoms with Crippen molar-refractivity contribution in [1.82, 2.24) is 4.98 Å². The molecular weight excluding hydrogens is 330 g/mol. The van der Waals surface area contributed by atoms with E-state index in [1.807, 2.05) is 0 Å². The average Bonchev–Trinajstić information content (AvgIpc) is 2.93. The number of nitrogens with zero attached hydrogens (tertiary/aromatic N) is 2. The van der Waals surface area contributed by atoms with Crippen molar-refractivity contribution in [3.05, 3.63) is 48.2 Å². The highest BCUT2D eigenvalue weighted by molar-refractivity contribution is 6.52. The van der Waals surface area contributed by atoms with Crippen LogP contribution in [-0.4, -0.2) is 38.8 Å². The second-order valence-corrected chi connectivity index (χ2v) is 5.11. The van der Waals surface area contributed by atoms with Crippen LogP contribution in [0.3, 0.4) is 0 Å². The fourth-order valence-corrected chi connectivity index (χ4v) is 2.68. The van der Waals surface area contributed by atoms with Crippen molar-refractivity contribution in [1.29, 1.82) is 0 Å². The van der Waals surface area contributed by atoms with Gasteiger partial charge in [0.2, 0.25) is 17.2 Å². The summed E-state index contributed by atoms with van der Waals surface area (Å²) in [6.45, 7) is 0. The van der Waals surface area contributed by atoms with Crippen molar-refractivity contribution < 1.29 is 29.3 Å². The van der Waals surface area contributed by atoms with Gasteiger partial charge in [0.25, 0.3) is 0 Å². The SMILES string of the molecule is NC(=O)C1(C(=O)O)C(C(=O)O)=Nc2cccc(Oc3ccccn3)c21. The Morgan fingerprint density at radius 3 is 2.40 bits per heavy atom. The standard InChI is InChI=1S/C16H11N3O6/c17-14(22)16(15(23)24)11-8(19-12(16)13(20)21)4-3-5-9(11)25-10-6-1-2-7-18-10/h1-7H,(H2,17,22)(H,20,21)(H,23,24). The van der Waals surface area contributed by atoms with Gasteiger partial charge >= 0.3 is 11.9 Å². The van der Waals surface area contributed by atoms with E-state index in [1.54, 1.807) is 12.1 Å². The Bertz CT molecular complexity index is 909. The van der Waals surface area contributed by atoms with Crippen molar-refractivity contribution in [3.63, 3.8) is 0 Å². The number of fused-ring (bicyclic) bond motifs is 1. The van der Waals surface area contributed by atoms with E-state index >= 15 is 0 Å².